The van der Waals surface area contributed by atoms with Crippen LogP contribution < -0.4 is 15.0 Å². The van der Waals surface area contributed by atoms with Crippen LogP contribution in [0.2, 0.25) is 0 Å². The molecule has 6 rings (SSSR count). The molecular weight excluding hydrogens is 605 g/mol. The highest BCUT2D eigenvalue weighted by atomic mass is 32.2. The summed E-state index contributed by atoms with van der Waals surface area (Å²) in [6.45, 7) is 3.99. The van der Waals surface area contributed by atoms with Crippen LogP contribution in [0, 0.1) is 6.92 Å². The largest absolute Gasteiger partial charge is 0.573 e. The van der Waals surface area contributed by atoms with Crippen molar-refractivity contribution in [2.75, 3.05) is 10.7 Å². The van der Waals surface area contributed by atoms with Crippen LogP contribution in [0.3, 0.4) is 0 Å². The standard InChI is InChI=1S/C32H29F3N6O3S/c1-3-20-6-4-5-19(2)28(20)41-27(42)17-45-31(41)38-30(43)37-24-10-9-21-15-23(8-7-22(21)16-24)29-36-18-40(39-29)25-11-13-26(14-12-25)44-32(33,34)35/h4-8,11-15,18,24H,3,9-10,16-17H2,1-2H3,(H,37,43). The number of hydrogen-bond acceptors (Lipinski definition) is 6. The Kier molecular flexibility index (Phi) is 8.36. The monoisotopic (exact) mass is 634 g/mol. The van der Waals surface area contributed by atoms with E-state index in [4.69, 9.17) is 0 Å². The summed E-state index contributed by atoms with van der Waals surface area (Å²) in [6, 6.07) is 16.6. The minimum atomic E-state index is -4.76. The van der Waals surface area contributed by atoms with Gasteiger partial charge in [0.15, 0.2) is 11.0 Å². The van der Waals surface area contributed by atoms with Gasteiger partial charge in [0.2, 0.25) is 5.91 Å². The number of nitrogens with one attached hydrogen (secondary N) is 1. The van der Waals surface area contributed by atoms with E-state index in [1.54, 1.807) is 4.90 Å². The third kappa shape index (κ3) is 6.72. The van der Waals surface area contributed by atoms with Gasteiger partial charge in [0.05, 0.1) is 17.1 Å². The summed E-state index contributed by atoms with van der Waals surface area (Å²) in [6.07, 6.45) is -0.421. The number of urea groups is 1. The minimum Gasteiger partial charge on any atom is -0.406 e. The van der Waals surface area contributed by atoms with E-state index in [0.29, 0.717) is 23.1 Å². The number of para-hydroxylation sites is 1. The quantitative estimate of drug-likeness (QED) is 0.263. The summed E-state index contributed by atoms with van der Waals surface area (Å²) in [4.78, 5) is 36.1. The number of halogens is 3. The Bertz CT molecular complexity index is 1790. The number of rotatable bonds is 6. The number of ether oxygens (including phenoxy) is 1. The number of aryl methyl sites for hydroxylation is 3. The number of carbonyl (C=O) groups excluding carboxylic acids is 2. The van der Waals surface area contributed by atoms with Gasteiger partial charge in [-0.05, 0) is 85.2 Å². The normalized spacial score (nSPS) is 17.4. The fraction of sp³-hybridized carbons (Fsp3) is 0.281. The molecule has 3 aromatic carbocycles. The average molecular weight is 635 g/mol. The maximum absolute atomic E-state index is 13.0. The minimum absolute atomic E-state index is 0.0919. The van der Waals surface area contributed by atoms with Gasteiger partial charge in [-0.1, -0.05) is 49.0 Å². The number of hydrogen-bond donors (Lipinski definition) is 1. The van der Waals surface area contributed by atoms with Crippen LogP contribution >= 0.6 is 11.8 Å². The Labute approximate surface area is 261 Å². The molecule has 1 unspecified atom stereocenters. The molecule has 0 saturated carbocycles. The third-order valence-corrected chi connectivity index (χ3v) is 8.66. The highest BCUT2D eigenvalue weighted by Crippen LogP contribution is 2.33. The van der Waals surface area contributed by atoms with E-state index in [2.05, 4.69) is 25.1 Å². The van der Waals surface area contributed by atoms with Crippen LogP contribution in [0.15, 0.2) is 72.0 Å². The smallest absolute Gasteiger partial charge is 0.406 e. The molecule has 1 aliphatic heterocycles. The first kappa shape index (κ1) is 30.4. The molecule has 232 valence electrons. The fourth-order valence-electron chi connectivity index (χ4n) is 5.62. The Hall–Kier alpha value is -4.65. The lowest BCUT2D eigenvalue weighted by atomic mass is 9.87. The van der Waals surface area contributed by atoms with E-state index in [-0.39, 0.29) is 23.5 Å². The summed E-state index contributed by atoms with van der Waals surface area (Å²) >= 11 is 1.27. The highest BCUT2D eigenvalue weighted by molar-refractivity contribution is 8.15. The van der Waals surface area contributed by atoms with Crippen molar-refractivity contribution in [2.45, 2.75) is 51.9 Å². The lowest BCUT2D eigenvalue weighted by molar-refractivity contribution is -0.274. The maximum Gasteiger partial charge on any atom is 0.573 e. The van der Waals surface area contributed by atoms with Crippen LogP contribution in [0.25, 0.3) is 17.1 Å². The fourth-order valence-corrected chi connectivity index (χ4v) is 6.47. The molecule has 1 atom stereocenters. The number of nitrogens with zero attached hydrogens (tertiary/aromatic N) is 5. The molecule has 1 saturated heterocycles. The zero-order valence-electron chi connectivity index (χ0n) is 24.5. The second-order valence-electron chi connectivity index (χ2n) is 10.8. The topological polar surface area (TPSA) is 102 Å². The Morgan fingerprint density at radius 1 is 1.13 bits per heavy atom. The van der Waals surface area contributed by atoms with E-state index in [9.17, 15) is 22.8 Å². The van der Waals surface area contributed by atoms with Gasteiger partial charge < -0.3 is 10.1 Å². The summed E-state index contributed by atoms with van der Waals surface area (Å²) < 4.78 is 42.8. The Balaban J connectivity index is 1.11. The molecular formula is C32H29F3N6O3S. The van der Waals surface area contributed by atoms with Crippen molar-refractivity contribution in [3.63, 3.8) is 0 Å². The number of aliphatic imine (C=N–C) groups is 1. The molecule has 3 amide bonds. The Morgan fingerprint density at radius 2 is 1.93 bits per heavy atom. The molecule has 2 aliphatic rings. The lowest BCUT2D eigenvalue weighted by Gasteiger charge is -2.25. The van der Waals surface area contributed by atoms with Crippen molar-refractivity contribution >= 4 is 34.6 Å². The van der Waals surface area contributed by atoms with E-state index >= 15 is 0 Å². The zero-order chi connectivity index (χ0) is 31.7. The van der Waals surface area contributed by atoms with Gasteiger partial charge >= 0.3 is 12.4 Å². The first-order chi connectivity index (χ1) is 21.6. The van der Waals surface area contributed by atoms with Crippen LogP contribution in [0.1, 0.15) is 35.6 Å². The lowest BCUT2D eigenvalue weighted by Crippen LogP contribution is -2.39. The molecule has 13 heteroatoms. The molecule has 1 aromatic heterocycles. The number of thioether (sulfide) groups is 1. The van der Waals surface area contributed by atoms with Gasteiger partial charge in [0, 0.05) is 11.6 Å². The molecule has 4 aromatic rings. The van der Waals surface area contributed by atoms with Crippen molar-refractivity contribution in [1.82, 2.24) is 20.1 Å². The van der Waals surface area contributed by atoms with Gasteiger partial charge in [-0.3, -0.25) is 9.69 Å². The first-order valence-corrected chi connectivity index (χ1v) is 15.4. The SMILES string of the molecule is CCc1cccc(C)c1N1C(=O)CSC1=NC(=O)NC1CCc2cc(-c3ncn(-c4ccc(OC(F)(F)F)cc4)n3)ccc2C1. The van der Waals surface area contributed by atoms with Crippen LogP contribution in [0.4, 0.5) is 23.7 Å². The number of alkyl halides is 3. The second-order valence-corrected chi connectivity index (χ2v) is 11.7. The van der Waals surface area contributed by atoms with Crippen LogP contribution in [-0.2, 0) is 24.1 Å². The number of amidine groups is 1. The number of carbonyl (C=O) groups is 2. The third-order valence-electron chi connectivity index (χ3n) is 7.74. The molecule has 9 nitrogen and oxygen atoms in total. The molecule has 1 aliphatic carbocycles. The molecule has 45 heavy (non-hydrogen) atoms. The van der Waals surface area contributed by atoms with Gasteiger partial charge in [-0.15, -0.1) is 18.3 Å². The highest BCUT2D eigenvalue weighted by Gasteiger charge is 2.33. The number of amides is 3. The summed E-state index contributed by atoms with van der Waals surface area (Å²) in [5.74, 6) is 0.308. The van der Waals surface area contributed by atoms with Crippen molar-refractivity contribution in [1.29, 1.82) is 0 Å². The number of aromatic nitrogens is 3. The first-order valence-electron chi connectivity index (χ1n) is 14.4. The zero-order valence-corrected chi connectivity index (χ0v) is 25.3. The van der Waals surface area contributed by atoms with Gasteiger partial charge in [-0.25, -0.2) is 14.5 Å². The van der Waals surface area contributed by atoms with E-state index in [0.717, 1.165) is 52.8 Å². The van der Waals surface area contributed by atoms with Gasteiger partial charge in [0.25, 0.3) is 0 Å². The Morgan fingerprint density at radius 3 is 2.69 bits per heavy atom. The molecule has 0 bridgehead atoms. The second kappa shape index (κ2) is 12.4. The predicted molar refractivity (Wildman–Crippen MR) is 166 cm³/mol. The van der Waals surface area contributed by atoms with Crippen LogP contribution in [0.5, 0.6) is 5.75 Å². The molecule has 1 fully saturated rings. The number of fused-ring (bicyclic) bond motifs is 1. The van der Waals surface area contributed by atoms with E-state index in [1.165, 1.54) is 47.0 Å². The molecule has 2 heterocycles. The van der Waals surface area contributed by atoms with Gasteiger partial charge in [0.1, 0.15) is 12.1 Å². The van der Waals surface area contributed by atoms with E-state index in [1.807, 2.05) is 50.2 Å². The van der Waals surface area contributed by atoms with Crippen molar-refractivity contribution < 1.29 is 27.5 Å². The van der Waals surface area contributed by atoms with Crippen molar-refractivity contribution in [3.8, 4) is 22.8 Å². The van der Waals surface area contributed by atoms with E-state index < -0.39 is 12.4 Å². The summed E-state index contributed by atoms with van der Waals surface area (Å²) in [5.41, 5.74) is 6.36. The summed E-state index contributed by atoms with van der Waals surface area (Å²) in [7, 11) is 0. The summed E-state index contributed by atoms with van der Waals surface area (Å²) in [5, 5.41) is 7.91. The molecule has 0 spiro atoms. The number of benzene rings is 3. The van der Waals surface area contributed by atoms with Crippen LogP contribution in [-0.4, -0.2) is 50.0 Å². The maximum atomic E-state index is 13.0. The molecule has 1 N–H and O–H groups in total. The molecule has 0 radical (unpaired) electrons. The number of anilines is 1. The van der Waals surface area contributed by atoms with Crippen molar-refractivity contribution in [3.05, 3.63) is 89.2 Å². The van der Waals surface area contributed by atoms with Gasteiger partial charge in [-0.2, -0.15) is 4.99 Å². The van der Waals surface area contributed by atoms with Crippen molar-refractivity contribution in [2.24, 2.45) is 4.99 Å². The predicted octanol–water partition coefficient (Wildman–Crippen LogP) is 6.41. The average Bonchev–Trinajstić information content (AvgIpc) is 3.63.